The Balaban J connectivity index is 1.34. The van der Waals surface area contributed by atoms with E-state index in [-0.39, 0.29) is 0 Å². The Labute approximate surface area is 267 Å². The molecule has 0 aromatic heterocycles. The first-order valence-corrected chi connectivity index (χ1v) is 19.2. The molecule has 0 heterocycles. The molecule has 0 spiro atoms. The Hall–Kier alpha value is -0.200. The lowest BCUT2D eigenvalue weighted by atomic mass is 9.43. The maximum Gasteiger partial charge on any atom is 0.0611 e. The Kier molecular flexibility index (Phi) is 14.6. The summed E-state index contributed by atoms with van der Waals surface area (Å²) in [4.78, 5) is 0. The Morgan fingerprint density at radius 2 is 1.42 bits per heavy atom. The highest BCUT2D eigenvalue weighted by molar-refractivity contribution is 5.12. The SMILES string of the molecule is CCCCCCCCNCCCC(C)C1CC[C@H]2C3[C@H](OCCCN)CC4C[C@H](OCCCN)CC[C@]4(C)[C@H]3CC[C@]12C. The predicted octanol–water partition coefficient (Wildman–Crippen LogP) is 8.09. The van der Waals surface area contributed by atoms with Crippen LogP contribution in [0.25, 0.3) is 0 Å². The second kappa shape index (κ2) is 17.6. The molecule has 43 heavy (non-hydrogen) atoms. The topological polar surface area (TPSA) is 82.5 Å². The van der Waals surface area contributed by atoms with Gasteiger partial charge in [0.25, 0.3) is 0 Å². The Morgan fingerprint density at radius 3 is 2.19 bits per heavy atom. The predicted molar refractivity (Wildman–Crippen MR) is 182 cm³/mol. The van der Waals surface area contributed by atoms with Crippen molar-refractivity contribution in [3.8, 4) is 0 Å². The molecule has 4 unspecified atom stereocenters. The molecule has 0 amide bonds. The van der Waals surface area contributed by atoms with Crippen molar-refractivity contribution in [2.24, 2.45) is 57.8 Å². The first kappa shape index (κ1) is 35.7. The summed E-state index contributed by atoms with van der Waals surface area (Å²) < 4.78 is 13.2. The summed E-state index contributed by atoms with van der Waals surface area (Å²) in [5.74, 6) is 4.77. The first-order chi connectivity index (χ1) is 20.9. The third kappa shape index (κ3) is 8.79. The van der Waals surface area contributed by atoms with E-state index in [0.29, 0.717) is 23.0 Å². The first-order valence-electron chi connectivity index (χ1n) is 19.2. The fourth-order valence-corrected chi connectivity index (χ4v) is 11.0. The van der Waals surface area contributed by atoms with Crippen LogP contribution in [0, 0.1) is 46.3 Å². The van der Waals surface area contributed by atoms with Crippen molar-refractivity contribution < 1.29 is 9.47 Å². The van der Waals surface area contributed by atoms with Gasteiger partial charge in [0.15, 0.2) is 0 Å². The van der Waals surface area contributed by atoms with E-state index in [1.165, 1.54) is 116 Å². The number of fused-ring (bicyclic) bond motifs is 5. The quantitative estimate of drug-likeness (QED) is 0.123. The van der Waals surface area contributed by atoms with Crippen molar-refractivity contribution in [3.63, 3.8) is 0 Å². The van der Waals surface area contributed by atoms with E-state index in [1.54, 1.807) is 0 Å². The molecule has 5 N–H and O–H groups in total. The lowest BCUT2D eigenvalue weighted by Gasteiger charge is -2.63. The van der Waals surface area contributed by atoms with Crippen LogP contribution in [-0.4, -0.2) is 51.6 Å². The fourth-order valence-electron chi connectivity index (χ4n) is 11.0. The van der Waals surface area contributed by atoms with E-state index < -0.39 is 0 Å². The number of hydrogen-bond donors (Lipinski definition) is 3. The Morgan fingerprint density at radius 1 is 0.744 bits per heavy atom. The van der Waals surface area contributed by atoms with Gasteiger partial charge >= 0.3 is 0 Å². The minimum Gasteiger partial charge on any atom is -0.378 e. The average Bonchev–Trinajstić information content (AvgIpc) is 3.36. The van der Waals surface area contributed by atoms with Crippen LogP contribution >= 0.6 is 0 Å². The molecule has 0 radical (unpaired) electrons. The fraction of sp³-hybridized carbons (Fsp3) is 1.00. The molecule has 0 aromatic rings. The van der Waals surface area contributed by atoms with Crippen LogP contribution in [0.3, 0.4) is 0 Å². The lowest BCUT2D eigenvalue weighted by Crippen LogP contribution is -2.59. The summed E-state index contributed by atoms with van der Waals surface area (Å²) in [6, 6.07) is 0. The van der Waals surface area contributed by atoms with Gasteiger partial charge in [-0.05, 0) is 156 Å². The van der Waals surface area contributed by atoms with E-state index in [2.05, 4.69) is 33.0 Å². The monoisotopic (exact) mass is 604 g/mol. The van der Waals surface area contributed by atoms with Crippen LogP contribution in [-0.2, 0) is 9.47 Å². The lowest BCUT2D eigenvalue weighted by molar-refractivity contribution is -0.191. The van der Waals surface area contributed by atoms with Gasteiger partial charge in [-0.1, -0.05) is 59.8 Å². The van der Waals surface area contributed by atoms with Crippen molar-refractivity contribution in [2.45, 2.75) is 155 Å². The molecule has 0 bridgehead atoms. The largest absolute Gasteiger partial charge is 0.378 e. The van der Waals surface area contributed by atoms with Crippen molar-refractivity contribution in [3.05, 3.63) is 0 Å². The maximum absolute atomic E-state index is 6.86. The van der Waals surface area contributed by atoms with Gasteiger partial charge in [0.2, 0.25) is 0 Å². The van der Waals surface area contributed by atoms with Crippen LogP contribution in [0.1, 0.15) is 143 Å². The van der Waals surface area contributed by atoms with E-state index in [9.17, 15) is 0 Å². The zero-order chi connectivity index (χ0) is 30.7. The van der Waals surface area contributed by atoms with Crippen molar-refractivity contribution in [1.82, 2.24) is 5.32 Å². The zero-order valence-corrected chi connectivity index (χ0v) is 29.1. The minimum absolute atomic E-state index is 0.405. The summed E-state index contributed by atoms with van der Waals surface area (Å²) >= 11 is 0. The number of unbranched alkanes of at least 4 members (excludes halogenated alkanes) is 5. The molecule has 4 rings (SSSR count). The molecular weight excluding hydrogens is 530 g/mol. The van der Waals surface area contributed by atoms with Gasteiger partial charge < -0.3 is 26.3 Å². The number of hydrogen-bond acceptors (Lipinski definition) is 5. The normalized spacial score (nSPS) is 38.0. The minimum atomic E-state index is 0.405. The maximum atomic E-state index is 6.86. The summed E-state index contributed by atoms with van der Waals surface area (Å²) in [6.45, 7) is 15.8. The van der Waals surface area contributed by atoms with Crippen LogP contribution in [0.15, 0.2) is 0 Å². The van der Waals surface area contributed by atoms with Gasteiger partial charge in [-0.2, -0.15) is 0 Å². The van der Waals surface area contributed by atoms with Crippen molar-refractivity contribution >= 4 is 0 Å². The molecule has 10 atom stereocenters. The highest BCUT2D eigenvalue weighted by Crippen LogP contribution is 2.68. The Bertz CT molecular complexity index is 780. The molecule has 5 nitrogen and oxygen atoms in total. The highest BCUT2D eigenvalue weighted by atomic mass is 16.5. The second-order valence-electron chi connectivity index (χ2n) is 16.1. The van der Waals surface area contributed by atoms with Gasteiger partial charge in [-0.25, -0.2) is 0 Å². The second-order valence-corrected chi connectivity index (χ2v) is 16.1. The molecule has 252 valence electrons. The van der Waals surface area contributed by atoms with Gasteiger partial charge in [0.05, 0.1) is 12.2 Å². The van der Waals surface area contributed by atoms with Crippen molar-refractivity contribution in [1.29, 1.82) is 0 Å². The van der Waals surface area contributed by atoms with Crippen LogP contribution in [0.4, 0.5) is 0 Å². The number of nitrogens with one attached hydrogen (secondary N) is 1. The van der Waals surface area contributed by atoms with Gasteiger partial charge in [-0.15, -0.1) is 0 Å². The van der Waals surface area contributed by atoms with Crippen LogP contribution in [0.2, 0.25) is 0 Å². The van der Waals surface area contributed by atoms with E-state index in [4.69, 9.17) is 20.9 Å². The summed E-state index contributed by atoms with van der Waals surface area (Å²) in [7, 11) is 0. The molecule has 0 aliphatic heterocycles. The van der Waals surface area contributed by atoms with E-state index in [0.717, 1.165) is 74.7 Å². The number of ether oxygens (including phenoxy) is 2. The third-order valence-electron chi connectivity index (χ3n) is 13.5. The number of nitrogens with two attached hydrogens (primary N) is 2. The third-order valence-corrected chi connectivity index (χ3v) is 13.5. The molecule has 5 heteroatoms. The molecule has 4 fully saturated rings. The molecule has 4 aliphatic rings. The van der Waals surface area contributed by atoms with Crippen LogP contribution in [0.5, 0.6) is 0 Å². The molecular formula is C38H73N3O2. The molecule has 0 aromatic carbocycles. The summed E-state index contributed by atoms with van der Waals surface area (Å²) in [6.07, 6.45) is 24.5. The smallest absolute Gasteiger partial charge is 0.0611 e. The van der Waals surface area contributed by atoms with Gasteiger partial charge in [0, 0.05) is 13.2 Å². The summed E-state index contributed by atoms with van der Waals surface area (Å²) in [5, 5.41) is 3.76. The van der Waals surface area contributed by atoms with Crippen LogP contribution < -0.4 is 16.8 Å². The summed E-state index contributed by atoms with van der Waals surface area (Å²) in [5.41, 5.74) is 12.6. The molecule has 0 saturated heterocycles. The zero-order valence-electron chi connectivity index (χ0n) is 29.1. The number of rotatable bonds is 20. The molecule has 4 saturated carbocycles. The van der Waals surface area contributed by atoms with E-state index in [1.807, 2.05) is 0 Å². The highest BCUT2D eigenvalue weighted by Gasteiger charge is 2.63. The van der Waals surface area contributed by atoms with Gasteiger partial charge in [0.1, 0.15) is 0 Å². The van der Waals surface area contributed by atoms with E-state index >= 15 is 0 Å². The van der Waals surface area contributed by atoms with Gasteiger partial charge in [-0.3, -0.25) is 0 Å². The van der Waals surface area contributed by atoms with Crippen molar-refractivity contribution in [2.75, 3.05) is 39.4 Å². The average molecular weight is 604 g/mol. The molecule has 4 aliphatic carbocycles. The standard InChI is InChI=1S/C38H73N3O2/c1-5-6-7-8-9-10-23-41-24-11-14-29(2)32-15-16-33-36-34(18-20-38(32,33)4)37(3)19-17-31(42-25-12-21-39)27-30(37)28-35(36)43-26-13-22-40/h29-36,41H,5-28,39-40H2,1-4H3/t29?,30?,31-,32?,33+,34+,35-,36?,37+,38-/m1/s1.